The summed E-state index contributed by atoms with van der Waals surface area (Å²) in [5.41, 5.74) is 0.772. The summed E-state index contributed by atoms with van der Waals surface area (Å²) >= 11 is 11.7. The van der Waals surface area contributed by atoms with E-state index in [0.717, 1.165) is 0 Å². The maximum atomic E-state index is 11.7. The van der Waals surface area contributed by atoms with Gasteiger partial charge in [-0.05, 0) is 30.3 Å². The first kappa shape index (κ1) is 15.4. The Morgan fingerprint density at radius 3 is 2.67 bits per heavy atom. The van der Waals surface area contributed by atoms with Crippen molar-refractivity contribution in [2.24, 2.45) is 7.05 Å². The van der Waals surface area contributed by atoms with E-state index in [0.29, 0.717) is 21.4 Å². The van der Waals surface area contributed by atoms with Crippen LogP contribution in [0.15, 0.2) is 36.5 Å². The molecule has 0 atom stereocenters. The molecule has 0 saturated carbocycles. The predicted molar refractivity (Wildman–Crippen MR) is 80.8 cm³/mol. The molecule has 110 valence electrons. The van der Waals surface area contributed by atoms with E-state index in [9.17, 15) is 9.59 Å². The fraction of sp³-hybridized carbons (Fsp3) is 0.143. The van der Waals surface area contributed by atoms with Crippen molar-refractivity contribution in [1.29, 1.82) is 0 Å². The van der Waals surface area contributed by atoms with Gasteiger partial charge in [-0.3, -0.25) is 4.79 Å². The highest BCUT2D eigenvalue weighted by Crippen LogP contribution is 2.25. The number of anilines is 1. The van der Waals surface area contributed by atoms with Crippen LogP contribution in [-0.4, -0.2) is 23.1 Å². The van der Waals surface area contributed by atoms with Gasteiger partial charge in [-0.15, -0.1) is 0 Å². The number of rotatable bonds is 4. The number of ether oxygens (including phenoxy) is 1. The molecular weight excluding hydrogens is 315 g/mol. The number of nitrogens with one attached hydrogen (secondary N) is 1. The molecule has 1 aromatic carbocycles. The lowest BCUT2D eigenvalue weighted by atomic mass is 10.3. The van der Waals surface area contributed by atoms with Gasteiger partial charge in [0.25, 0.3) is 5.91 Å². The van der Waals surface area contributed by atoms with Crippen LogP contribution < -0.4 is 5.32 Å². The van der Waals surface area contributed by atoms with Crippen molar-refractivity contribution in [2.45, 2.75) is 0 Å². The first-order chi connectivity index (χ1) is 9.97. The number of esters is 1. The van der Waals surface area contributed by atoms with Gasteiger partial charge >= 0.3 is 5.97 Å². The Hall–Kier alpha value is -1.98. The number of aryl methyl sites for hydroxylation is 1. The summed E-state index contributed by atoms with van der Waals surface area (Å²) < 4.78 is 6.53. The van der Waals surface area contributed by atoms with Crippen LogP contribution in [0.2, 0.25) is 10.0 Å². The van der Waals surface area contributed by atoms with Gasteiger partial charge in [-0.1, -0.05) is 23.2 Å². The summed E-state index contributed by atoms with van der Waals surface area (Å²) in [6.45, 7) is -0.400. The van der Waals surface area contributed by atoms with Crippen molar-refractivity contribution >= 4 is 40.8 Å². The van der Waals surface area contributed by atoms with Crippen molar-refractivity contribution in [3.05, 3.63) is 52.3 Å². The molecule has 0 radical (unpaired) electrons. The quantitative estimate of drug-likeness (QED) is 0.878. The zero-order valence-corrected chi connectivity index (χ0v) is 12.6. The van der Waals surface area contributed by atoms with Crippen LogP contribution in [0.25, 0.3) is 0 Å². The second kappa shape index (κ2) is 6.65. The van der Waals surface area contributed by atoms with E-state index >= 15 is 0 Å². The lowest BCUT2D eigenvalue weighted by Crippen LogP contribution is -2.21. The predicted octanol–water partition coefficient (Wildman–Crippen LogP) is 3.13. The molecule has 0 spiro atoms. The van der Waals surface area contributed by atoms with Crippen molar-refractivity contribution in [1.82, 2.24) is 4.57 Å². The molecular formula is C14H12Cl2N2O3. The number of carbonyl (C=O) groups excluding carboxylic acids is 2. The first-order valence-electron chi connectivity index (χ1n) is 6.00. The summed E-state index contributed by atoms with van der Waals surface area (Å²) in [5.74, 6) is -1.05. The third kappa shape index (κ3) is 4.00. The number of nitrogens with zero attached hydrogens (tertiary/aromatic N) is 1. The lowest BCUT2D eigenvalue weighted by molar-refractivity contribution is -0.119. The largest absolute Gasteiger partial charge is 0.451 e. The molecule has 0 bridgehead atoms. The highest BCUT2D eigenvalue weighted by Gasteiger charge is 2.13. The molecule has 1 aromatic heterocycles. The Bertz CT molecular complexity index is 683. The summed E-state index contributed by atoms with van der Waals surface area (Å²) in [4.78, 5) is 23.5. The van der Waals surface area contributed by atoms with E-state index in [4.69, 9.17) is 27.9 Å². The topological polar surface area (TPSA) is 60.3 Å². The van der Waals surface area contributed by atoms with Gasteiger partial charge in [-0.25, -0.2) is 4.79 Å². The van der Waals surface area contributed by atoms with Crippen LogP contribution in [-0.2, 0) is 16.6 Å². The third-order valence-corrected chi connectivity index (χ3v) is 3.24. The fourth-order valence-corrected chi connectivity index (χ4v) is 2.11. The van der Waals surface area contributed by atoms with Gasteiger partial charge in [-0.2, -0.15) is 0 Å². The molecule has 0 aliphatic heterocycles. The zero-order valence-electron chi connectivity index (χ0n) is 11.1. The van der Waals surface area contributed by atoms with Gasteiger partial charge in [0.1, 0.15) is 5.69 Å². The van der Waals surface area contributed by atoms with Crippen LogP contribution in [0.4, 0.5) is 5.69 Å². The summed E-state index contributed by atoms with van der Waals surface area (Å²) in [5, 5.41) is 3.31. The van der Waals surface area contributed by atoms with Gasteiger partial charge in [0.05, 0.1) is 10.7 Å². The Morgan fingerprint density at radius 2 is 2.05 bits per heavy atom. The molecule has 0 fully saturated rings. The normalized spacial score (nSPS) is 10.2. The Morgan fingerprint density at radius 1 is 1.29 bits per heavy atom. The minimum Gasteiger partial charge on any atom is -0.451 e. The maximum absolute atomic E-state index is 11.7. The lowest BCUT2D eigenvalue weighted by Gasteiger charge is -2.08. The standard InChI is InChI=1S/C14H12Cl2N2O3/c1-18-6-2-3-12(18)14(20)21-8-13(19)17-11-5-4-9(15)7-10(11)16/h2-7H,8H2,1H3,(H,17,19). The molecule has 2 aromatic rings. The van der Waals surface area contributed by atoms with Crippen molar-refractivity contribution in [2.75, 3.05) is 11.9 Å². The van der Waals surface area contributed by atoms with E-state index in [1.54, 1.807) is 42.1 Å². The number of amides is 1. The molecule has 0 aliphatic rings. The second-order valence-electron chi connectivity index (χ2n) is 4.25. The number of hydrogen-bond acceptors (Lipinski definition) is 3. The fourth-order valence-electron chi connectivity index (χ4n) is 1.66. The number of halogens is 2. The second-order valence-corrected chi connectivity index (χ2v) is 5.10. The Kier molecular flexibility index (Phi) is 4.88. The van der Waals surface area contributed by atoms with E-state index < -0.39 is 18.5 Å². The third-order valence-electron chi connectivity index (χ3n) is 2.69. The van der Waals surface area contributed by atoms with Crippen molar-refractivity contribution in [3.8, 4) is 0 Å². The van der Waals surface area contributed by atoms with Crippen LogP contribution in [0, 0.1) is 0 Å². The van der Waals surface area contributed by atoms with E-state index in [1.165, 1.54) is 6.07 Å². The van der Waals surface area contributed by atoms with Crippen LogP contribution in [0.1, 0.15) is 10.5 Å². The SMILES string of the molecule is Cn1cccc1C(=O)OCC(=O)Nc1ccc(Cl)cc1Cl. The zero-order chi connectivity index (χ0) is 15.4. The van der Waals surface area contributed by atoms with Gasteiger partial charge in [0, 0.05) is 18.3 Å². The van der Waals surface area contributed by atoms with Gasteiger partial charge in [0.15, 0.2) is 6.61 Å². The maximum Gasteiger partial charge on any atom is 0.355 e. The monoisotopic (exact) mass is 326 g/mol. The Balaban J connectivity index is 1.90. The van der Waals surface area contributed by atoms with E-state index in [2.05, 4.69) is 5.32 Å². The van der Waals surface area contributed by atoms with Crippen molar-refractivity contribution < 1.29 is 14.3 Å². The molecule has 5 nitrogen and oxygen atoms in total. The molecule has 1 heterocycles. The van der Waals surface area contributed by atoms with Crippen LogP contribution in [0.3, 0.4) is 0 Å². The highest BCUT2D eigenvalue weighted by atomic mass is 35.5. The van der Waals surface area contributed by atoms with Crippen molar-refractivity contribution in [3.63, 3.8) is 0 Å². The van der Waals surface area contributed by atoms with E-state index in [-0.39, 0.29) is 0 Å². The molecule has 21 heavy (non-hydrogen) atoms. The number of carbonyl (C=O) groups is 2. The van der Waals surface area contributed by atoms with E-state index in [1.807, 2.05) is 0 Å². The molecule has 0 saturated heterocycles. The summed E-state index contributed by atoms with van der Waals surface area (Å²) in [6.07, 6.45) is 1.71. The number of aromatic nitrogens is 1. The molecule has 1 amide bonds. The van der Waals surface area contributed by atoms with Crippen LogP contribution in [0.5, 0.6) is 0 Å². The number of benzene rings is 1. The molecule has 1 N–H and O–H groups in total. The average molecular weight is 327 g/mol. The molecule has 2 rings (SSSR count). The summed E-state index contributed by atoms with van der Waals surface area (Å²) in [7, 11) is 1.71. The average Bonchev–Trinajstić information content (AvgIpc) is 2.85. The van der Waals surface area contributed by atoms with Crippen LogP contribution >= 0.6 is 23.2 Å². The molecule has 0 aliphatic carbocycles. The molecule has 7 heteroatoms. The smallest absolute Gasteiger partial charge is 0.355 e. The molecule has 0 unspecified atom stereocenters. The number of hydrogen-bond donors (Lipinski definition) is 1. The van der Waals surface area contributed by atoms with Gasteiger partial charge in [0.2, 0.25) is 0 Å². The summed E-state index contributed by atoms with van der Waals surface area (Å²) in [6, 6.07) is 8.00. The van der Waals surface area contributed by atoms with Gasteiger partial charge < -0.3 is 14.6 Å². The highest BCUT2D eigenvalue weighted by molar-refractivity contribution is 6.36. The Labute approximate surface area is 131 Å². The minimum atomic E-state index is -0.570. The first-order valence-corrected chi connectivity index (χ1v) is 6.76. The minimum absolute atomic E-state index is 0.310.